The van der Waals surface area contributed by atoms with Gasteiger partial charge in [-0.15, -0.1) is 0 Å². The number of hydrogen-bond acceptors (Lipinski definition) is 4. The normalized spacial score (nSPS) is 23.0. The molecule has 6 rings (SSSR count). The van der Waals surface area contributed by atoms with Crippen LogP contribution in [-0.4, -0.2) is 21.2 Å². The number of aromatic nitrogens is 2. The third kappa shape index (κ3) is 2.40. The standard InChI is InChI=1S/C22H16FN3O2S/c23-16-9-15-18(10-14(16)12-3-1-5-17-13(12)4-2-8-24-17)26(11-6-7-11)22-19(20(15)27)21(28)25-29-22/h1-5,8-11,13,17H,6-7H2,(H,25,28). The second-order valence-corrected chi connectivity index (χ2v) is 8.49. The van der Waals surface area contributed by atoms with Crippen LogP contribution in [0, 0.1) is 11.7 Å². The molecule has 0 radical (unpaired) electrons. The molecular weight excluding hydrogens is 389 g/mol. The van der Waals surface area contributed by atoms with E-state index < -0.39 is 16.8 Å². The Morgan fingerprint density at radius 1 is 1.17 bits per heavy atom. The summed E-state index contributed by atoms with van der Waals surface area (Å²) in [7, 11) is 0. The lowest BCUT2D eigenvalue weighted by atomic mass is 9.82. The molecule has 0 bridgehead atoms. The Hall–Kier alpha value is -3.06. The SMILES string of the molecule is O=c1[nH]sc2c1c(=O)c1cc(F)c(C3=CC=CC4N=CC=CC34)cc1n2C1CC1. The van der Waals surface area contributed by atoms with E-state index in [2.05, 4.69) is 9.37 Å². The Labute approximate surface area is 168 Å². The van der Waals surface area contributed by atoms with Crippen molar-refractivity contribution in [1.29, 1.82) is 0 Å². The van der Waals surface area contributed by atoms with Gasteiger partial charge < -0.3 is 4.57 Å². The molecule has 3 aromatic rings. The number of nitrogens with zero attached hydrogens (tertiary/aromatic N) is 2. The van der Waals surface area contributed by atoms with Crippen LogP contribution in [-0.2, 0) is 0 Å². The van der Waals surface area contributed by atoms with Crippen molar-refractivity contribution in [2.24, 2.45) is 10.9 Å². The molecule has 3 heterocycles. The largest absolute Gasteiger partial charge is 0.328 e. The fraction of sp³-hybridized carbons (Fsp3) is 0.227. The van der Waals surface area contributed by atoms with E-state index in [-0.39, 0.29) is 28.8 Å². The average Bonchev–Trinajstić information content (AvgIpc) is 3.50. The number of pyridine rings is 1. The van der Waals surface area contributed by atoms with Crippen LogP contribution in [0.5, 0.6) is 0 Å². The third-order valence-electron chi connectivity index (χ3n) is 5.91. The summed E-state index contributed by atoms with van der Waals surface area (Å²) in [6.07, 6.45) is 13.5. The van der Waals surface area contributed by atoms with Crippen molar-refractivity contribution >= 4 is 44.4 Å². The molecule has 1 saturated carbocycles. The van der Waals surface area contributed by atoms with E-state index in [9.17, 15) is 9.59 Å². The summed E-state index contributed by atoms with van der Waals surface area (Å²) in [5.74, 6) is -0.490. The summed E-state index contributed by atoms with van der Waals surface area (Å²) in [5, 5.41) is 0.390. The molecule has 1 fully saturated rings. The lowest BCUT2D eigenvalue weighted by molar-refractivity contribution is 0.618. The first kappa shape index (κ1) is 16.9. The van der Waals surface area contributed by atoms with Crippen LogP contribution in [0.4, 0.5) is 4.39 Å². The first-order valence-corrected chi connectivity index (χ1v) is 10.4. The number of aliphatic imine (C=N–C) groups is 1. The second-order valence-electron chi connectivity index (χ2n) is 7.70. The van der Waals surface area contributed by atoms with Crippen molar-refractivity contribution < 1.29 is 4.39 Å². The van der Waals surface area contributed by atoms with Crippen molar-refractivity contribution in [1.82, 2.24) is 8.94 Å². The highest BCUT2D eigenvalue weighted by Gasteiger charge is 2.31. The topological polar surface area (TPSA) is 67.2 Å². The van der Waals surface area contributed by atoms with Crippen molar-refractivity contribution in [2.75, 3.05) is 0 Å². The average molecular weight is 405 g/mol. The van der Waals surface area contributed by atoms with Gasteiger partial charge in [-0.1, -0.05) is 24.3 Å². The minimum atomic E-state index is -0.453. The predicted octanol–water partition coefficient (Wildman–Crippen LogP) is 3.96. The Morgan fingerprint density at radius 2 is 2.03 bits per heavy atom. The van der Waals surface area contributed by atoms with Gasteiger partial charge in [0.25, 0.3) is 5.56 Å². The van der Waals surface area contributed by atoms with Crippen molar-refractivity contribution in [2.45, 2.75) is 24.9 Å². The number of fused-ring (bicyclic) bond motifs is 3. The fourth-order valence-electron chi connectivity index (χ4n) is 4.40. The van der Waals surface area contributed by atoms with Gasteiger partial charge in [0.1, 0.15) is 16.0 Å². The molecular formula is C22H16FN3O2S. The molecule has 0 amide bonds. The number of rotatable bonds is 2. The molecule has 1 aliphatic heterocycles. The Morgan fingerprint density at radius 3 is 2.86 bits per heavy atom. The van der Waals surface area contributed by atoms with E-state index in [0.717, 1.165) is 18.4 Å². The van der Waals surface area contributed by atoms with Crippen LogP contribution < -0.4 is 11.0 Å². The summed E-state index contributed by atoms with van der Waals surface area (Å²) in [4.78, 5) is 30.3. The molecule has 3 aliphatic rings. The molecule has 2 atom stereocenters. The van der Waals surface area contributed by atoms with Crippen LogP contribution >= 0.6 is 11.5 Å². The number of halogens is 1. The van der Waals surface area contributed by atoms with Gasteiger partial charge in [-0.05, 0) is 48.2 Å². The smallest absolute Gasteiger partial charge is 0.271 e. The highest BCUT2D eigenvalue weighted by molar-refractivity contribution is 7.12. The molecule has 144 valence electrons. The zero-order valence-electron chi connectivity index (χ0n) is 15.3. The monoisotopic (exact) mass is 405 g/mol. The number of benzene rings is 1. The van der Waals surface area contributed by atoms with Gasteiger partial charge >= 0.3 is 0 Å². The van der Waals surface area contributed by atoms with Crippen LogP contribution in [0.3, 0.4) is 0 Å². The summed E-state index contributed by atoms with van der Waals surface area (Å²) in [6, 6.07) is 3.27. The first-order chi connectivity index (χ1) is 14.1. The fourth-order valence-corrected chi connectivity index (χ4v) is 5.33. The highest BCUT2D eigenvalue weighted by atomic mass is 32.1. The lowest BCUT2D eigenvalue weighted by Crippen LogP contribution is -2.22. The maximum absolute atomic E-state index is 15.3. The number of H-pyrrole nitrogens is 1. The molecule has 1 aromatic carbocycles. The molecule has 7 heteroatoms. The van der Waals surface area contributed by atoms with Crippen molar-refractivity contribution in [3.8, 4) is 0 Å². The van der Waals surface area contributed by atoms with E-state index in [1.54, 1.807) is 12.3 Å². The van der Waals surface area contributed by atoms with Gasteiger partial charge in [0.05, 0.1) is 11.6 Å². The minimum Gasteiger partial charge on any atom is -0.328 e. The second kappa shape index (κ2) is 5.97. The Balaban J connectivity index is 1.67. The van der Waals surface area contributed by atoms with E-state index in [4.69, 9.17) is 0 Å². The highest BCUT2D eigenvalue weighted by Crippen LogP contribution is 2.41. The maximum Gasteiger partial charge on any atom is 0.271 e. The number of aromatic amines is 1. The van der Waals surface area contributed by atoms with Gasteiger partial charge in [0, 0.05) is 29.1 Å². The molecule has 2 aromatic heterocycles. The Bertz CT molecular complexity index is 1430. The first-order valence-electron chi connectivity index (χ1n) is 9.61. The van der Waals surface area contributed by atoms with E-state index in [1.807, 2.05) is 34.9 Å². The number of dihydropyridines is 1. The summed E-state index contributed by atoms with van der Waals surface area (Å²) < 4.78 is 20.0. The molecule has 29 heavy (non-hydrogen) atoms. The van der Waals surface area contributed by atoms with Gasteiger partial charge in [0.2, 0.25) is 5.43 Å². The van der Waals surface area contributed by atoms with Crippen molar-refractivity contribution in [3.63, 3.8) is 0 Å². The summed E-state index contributed by atoms with van der Waals surface area (Å²) >= 11 is 1.18. The zero-order valence-corrected chi connectivity index (χ0v) is 16.1. The maximum atomic E-state index is 15.3. The molecule has 2 unspecified atom stereocenters. The van der Waals surface area contributed by atoms with E-state index in [1.165, 1.54) is 17.6 Å². The van der Waals surface area contributed by atoms with Gasteiger partial charge in [0.15, 0.2) is 0 Å². The van der Waals surface area contributed by atoms with Gasteiger partial charge in [-0.3, -0.25) is 19.0 Å². The zero-order chi connectivity index (χ0) is 19.7. The number of hydrogen-bond donors (Lipinski definition) is 1. The van der Waals surface area contributed by atoms with Crippen LogP contribution in [0.15, 0.2) is 57.1 Å². The van der Waals surface area contributed by atoms with Crippen LogP contribution in [0.1, 0.15) is 24.4 Å². The van der Waals surface area contributed by atoms with Gasteiger partial charge in [-0.2, -0.15) is 0 Å². The number of nitrogens with one attached hydrogen (secondary N) is 1. The summed E-state index contributed by atoms with van der Waals surface area (Å²) in [5.41, 5.74) is 1.21. The van der Waals surface area contributed by atoms with Crippen LogP contribution in [0.25, 0.3) is 26.7 Å². The predicted molar refractivity (Wildman–Crippen MR) is 114 cm³/mol. The van der Waals surface area contributed by atoms with E-state index >= 15 is 4.39 Å². The minimum absolute atomic E-state index is 0.0370. The van der Waals surface area contributed by atoms with Crippen molar-refractivity contribution in [3.05, 3.63) is 74.5 Å². The molecule has 5 nitrogen and oxygen atoms in total. The van der Waals surface area contributed by atoms with Gasteiger partial charge in [-0.25, -0.2) is 4.39 Å². The third-order valence-corrected chi connectivity index (χ3v) is 6.80. The summed E-state index contributed by atoms with van der Waals surface area (Å²) in [6.45, 7) is 0. The molecule has 0 saturated heterocycles. The number of allylic oxidation sites excluding steroid dienone is 3. The molecule has 0 spiro atoms. The van der Waals surface area contributed by atoms with E-state index in [0.29, 0.717) is 15.9 Å². The Kier molecular flexibility index (Phi) is 3.47. The van der Waals surface area contributed by atoms with Crippen LogP contribution in [0.2, 0.25) is 0 Å². The quantitative estimate of drug-likeness (QED) is 0.701. The molecule has 2 aliphatic carbocycles. The molecule has 1 N–H and O–H groups in total. The lowest BCUT2D eigenvalue weighted by Gasteiger charge is -2.27.